The predicted octanol–water partition coefficient (Wildman–Crippen LogP) is 10.9. The molecule has 0 saturated carbocycles. The van der Waals surface area contributed by atoms with Crippen LogP contribution in [0, 0.1) is 0 Å². The molecule has 0 N–H and O–H groups in total. The van der Waals surface area contributed by atoms with E-state index in [-0.39, 0.29) is 17.1 Å². The monoisotopic (exact) mass is 754 g/mol. The number of fused-ring (bicyclic) bond motifs is 4. The summed E-state index contributed by atoms with van der Waals surface area (Å²) in [7, 11) is -1.22. The van der Waals surface area contributed by atoms with E-state index in [0.29, 0.717) is 0 Å². The van der Waals surface area contributed by atoms with Crippen molar-refractivity contribution in [1.29, 1.82) is 0 Å². The van der Waals surface area contributed by atoms with E-state index >= 15 is 0 Å². The Bertz CT molecular complexity index is 2390. The van der Waals surface area contributed by atoms with Crippen molar-refractivity contribution >= 4 is 90.8 Å². The zero-order valence-electron chi connectivity index (χ0n) is 29.0. The van der Waals surface area contributed by atoms with E-state index in [4.69, 9.17) is 0 Å². The molecule has 0 saturated heterocycles. The van der Waals surface area contributed by atoms with Crippen LogP contribution in [0.15, 0.2) is 218 Å². The molecule has 53 heavy (non-hydrogen) atoms. The van der Waals surface area contributed by atoms with Crippen LogP contribution in [0.25, 0.3) is 43.1 Å². The maximum Gasteiger partial charge on any atom is 2.00 e. The predicted molar refractivity (Wildman–Crippen MR) is 232 cm³/mol. The Morgan fingerprint density at radius 2 is 0.528 bits per heavy atom. The van der Waals surface area contributed by atoms with Gasteiger partial charge in [0.2, 0.25) is 0 Å². The van der Waals surface area contributed by atoms with Crippen molar-refractivity contribution in [3.05, 3.63) is 218 Å². The molecule has 0 aliphatic heterocycles. The van der Waals surface area contributed by atoms with Crippen LogP contribution in [0.5, 0.6) is 0 Å². The molecule has 0 nitrogen and oxygen atoms in total. The van der Waals surface area contributed by atoms with Gasteiger partial charge in [-0.2, -0.15) is 24.3 Å². The number of hydrogen-bond acceptors (Lipinski definition) is 0. The normalized spacial score (nSPS) is 11.2. The minimum absolute atomic E-state index is 0. The van der Waals surface area contributed by atoms with Crippen molar-refractivity contribution in [2.24, 2.45) is 0 Å². The SMILES string of the molecule is [Fe+2].c1c[cH-]c(P(c2cccc3ccccc23)c2cccc3ccccc23)c1.c1c[cH-]c(P(c2cccc3ccccc23)c2cccc3ccccc23)c1. The second-order valence-corrected chi connectivity index (χ2v) is 17.3. The van der Waals surface area contributed by atoms with E-state index in [0.717, 1.165) is 0 Å². The van der Waals surface area contributed by atoms with E-state index < -0.39 is 15.8 Å². The Balaban J connectivity index is 0.000000148. The molecule has 0 spiro atoms. The van der Waals surface area contributed by atoms with Crippen LogP contribution < -0.4 is 31.8 Å². The molecule has 0 bridgehead atoms. The van der Waals surface area contributed by atoms with Gasteiger partial charge in [0.05, 0.1) is 0 Å². The summed E-state index contributed by atoms with van der Waals surface area (Å²) in [5, 5.41) is 19.2. The minimum Gasteiger partial charge on any atom is -0.213 e. The van der Waals surface area contributed by atoms with Crippen molar-refractivity contribution < 1.29 is 17.1 Å². The van der Waals surface area contributed by atoms with Crippen LogP contribution in [-0.4, -0.2) is 0 Å². The molecule has 0 atom stereocenters. The molecule has 0 radical (unpaired) electrons. The second-order valence-electron chi connectivity index (χ2n) is 13.0. The zero-order chi connectivity index (χ0) is 34.7. The average Bonchev–Trinajstić information content (AvgIpc) is 3.95. The van der Waals surface area contributed by atoms with Gasteiger partial charge in [0.25, 0.3) is 0 Å². The van der Waals surface area contributed by atoms with Gasteiger partial charge >= 0.3 is 17.1 Å². The van der Waals surface area contributed by atoms with E-state index in [9.17, 15) is 0 Å². The Morgan fingerprint density at radius 1 is 0.264 bits per heavy atom. The second kappa shape index (κ2) is 15.9. The van der Waals surface area contributed by atoms with Crippen molar-refractivity contribution in [2.45, 2.75) is 0 Å². The summed E-state index contributed by atoms with van der Waals surface area (Å²) in [5.41, 5.74) is 0. The fourth-order valence-electron chi connectivity index (χ4n) is 7.45. The molecule has 3 heteroatoms. The summed E-state index contributed by atoms with van der Waals surface area (Å²) in [6, 6.07) is 79.5. The molecule has 254 valence electrons. The topological polar surface area (TPSA) is 0 Å². The van der Waals surface area contributed by atoms with E-state index in [2.05, 4.69) is 218 Å². The summed E-state index contributed by atoms with van der Waals surface area (Å²) < 4.78 is 0. The molecule has 10 aromatic carbocycles. The van der Waals surface area contributed by atoms with Crippen molar-refractivity contribution in [2.75, 3.05) is 0 Å². The summed E-state index contributed by atoms with van der Waals surface area (Å²) in [5.74, 6) is 0. The zero-order valence-corrected chi connectivity index (χ0v) is 31.9. The molecule has 10 rings (SSSR count). The molecule has 0 aliphatic carbocycles. The molecular formula is C50H36FeP2. The van der Waals surface area contributed by atoms with Gasteiger partial charge in [-0.05, 0) is 80.2 Å². The number of hydrogen-bond donors (Lipinski definition) is 0. The molecule has 0 amide bonds. The summed E-state index contributed by atoms with van der Waals surface area (Å²) in [6.45, 7) is 0. The Labute approximate surface area is 324 Å². The quantitative estimate of drug-likeness (QED) is 0.0901. The van der Waals surface area contributed by atoms with Crippen molar-refractivity contribution in [1.82, 2.24) is 0 Å². The number of benzene rings is 8. The van der Waals surface area contributed by atoms with Crippen molar-refractivity contribution in [3.63, 3.8) is 0 Å². The third-order valence-corrected chi connectivity index (χ3v) is 15.0. The minimum atomic E-state index is -0.609. The van der Waals surface area contributed by atoms with Gasteiger partial charge in [-0.3, -0.25) is 0 Å². The van der Waals surface area contributed by atoms with Crippen LogP contribution in [0.2, 0.25) is 0 Å². The van der Waals surface area contributed by atoms with E-state index in [1.54, 1.807) is 0 Å². The van der Waals surface area contributed by atoms with Crippen molar-refractivity contribution in [3.8, 4) is 0 Å². The molecule has 0 heterocycles. The molecule has 0 aliphatic rings. The molecule has 10 aromatic rings. The fraction of sp³-hybridized carbons (Fsp3) is 0. The third-order valence-electron chi connectivity index (χ3n) is 9.84. The molecular weight excluding hydrogens is 718 g/mol. The van der Waals surface area contributed by atoms with Crippen LogP contribution in [0.1, 0.15) is 0 Å². The molecule has 0 unspecified atom stereocenters. The van der Waals surface area contributed by atoms with Gasteiger partial charge in [0, 0.05) is 0 Å². The van der Waals surface area contributed by atoms with Gasteiger partial charge in [-0.1, -0.05) is 170 Å². The Hall–Kier alpha value is -5.12. The standard InChI is InChI=1S/2C25H18P.Fe/c2*1-5-15-22-19(9-1)11-7-17-24(22)26(21-13-3-4-14-21)25-18-8-12-20-10-2-6-16-23(20)25;/h2*1-18H;/q2*-1;+2. The first-order chi connectivity index (χ1) is 25.8. The molecule has 0 fully saturated rings. The summed E-state index contributed by atoms with van der Waals surface area (Å²) in [6.07, 6.45) is 0. The smallest absolute Gasteiger partial charge is 0.213 e. The van der Waals surface area contributed by atoms with E-state index in [1.807, 2.05) is 0 Å². The maximum atomic E-state index is 2.31. The first kappa shape index (κ1) is 34.9. The van der Waals surface area contributed by atoms with Crippen LogP contribution in [-0.2, 0) is 17.1 Å². The summed E-state index contributed by atoms with van der Waals surface area (Å²) >= 11 is 0. The van der Waals surface area contributed by atoms with E-state index in [1.165, 1.54) is 74.9 Å². The first-order valence-corrected chi connectivity index (χ1v) is 20.5. The number of rotatable bonds is 6. The fourth-order valence-corrected chi connectivity index (χ4v) is 12.7. The third kappa shape index (κ3) is 6.91. The van der Waals surface area contributed by atoms with Crippen LogP contribution >= 0.6 is 15.8 Å². The average molecular weight is 755 g/mol. The van der Waals surface area contributed by atoms with Gasteiger partial charge in [-0.25, -0.2) is 24.3 Å². The van der Waals surface area contributed by atoms with Gasteiger partial charge in [0.15, 0.2) is 0 Å². The van der Waals surface area contributed by atoms with Crippen LogP contribution in [0.3, 0.4) is 0 Å². The van der Waals surface area contributed by atoms with Gasteiger partial charge < -0.3 is 0 Å². The first-order valence-electron chi connectivity index (χ1n) is 17.8. The van der Waals surface area contributed by atoms with Gasteiger partial charge in [0.1, 0.15) is 0 Å². The molecule has 0 aromatic heterocycles. The van der Waals surface area contributed by atoms with Crippen LogP contribution in [0.4, 0.5) is 0 Å². The largest absolute Gasteiger partial charge is 2.00 e. The maximum absolute atomic E-state index is 2.31. The Morgan fingerprint density at radius 3 is 0.792 bits per heavy atom. The Kier molecular flexibility index (Phi) is 10.5. The van der Waals surface area contributed by atoms with Gasteiger partial charge in [-0.15, -0.1) is 10.6 Å². The summed E-state index contributed by atoms with van der Waals surface area (Å²) in [4.78, 5) is 0.